The van der Waals surface area contributed by atoms with Crippen LogP contribution in [-0.4, -0.2) is 27.0 Å². The first kappa shape index (κ1) is 17.1. The Bertz CT molecular complexity index is 719. The quantitative estimate of drug-likeness (QED) is 0.564. The molecular weight excluding hydrogens is 340 g/mol. The second-order valence-electron chi connectivity index (χ2n) is 5.69. The molecule has 0 atom stereocenters. The van der Waals surface area contributed by atoms with E-state index in [1.54, 1.807) is 6.08 Å². The van der Waals surface area contributed by atoms with Crippen LogP contribution in [0.25, 0.3) is 6.08 Å². The number of nitrogens with zero attached hydrogens (tertiary/aromatic N) is 3. The molecule has 5 nitrogen and oxygen atoms in total. The fourth-order valence-electron chi connectivity index (χ4n) is 2.53. The van der Waals surface area contributed by atoms with Crippen molar-refractivity contribution in [3.8, 4) is 0 Å². The molecule has 3 rings (SSSR count). The van der Waals surface area contributed by atoms with Crippen LogP contribution < -0.4 is 0 Å². The van der Waals surface area contributed by atoms with Crippen molar-refractivity contribution in [1.82, 2.24) is 5.01 Å². The molecular formula is C17H20N4OS2. The molecule has 2 aliphatic heterocycles. The highest BCUT2D eigenvalue weighted by Crippen LogP contribution is 2.30. The van der Waals surface area contributed by atoms with E-state index in [-0.39, 0.29) is 11.7 Å². The normalized spacial score (nSPS) is 18.9. The lowest BCUT2D eigenvalue weighted by Gasteiger charge is -2.19. The molecule has 126 valence electrons. The number of aliphatic imine (C=N–C) groups is 1. The average Bonchev–Trinajstić information content (AvgIpc) is 3.21. The van der Waals surface area contributed by atoms with Crippen molar-refractivity contribution in [2.75, 3.05) is 0 Å². The summed E-state index contributed by atoms with van der Waals surface area (Å²) < 4.78 is 0. The summed E-state index contributed by atoms with van der Waals surface area (Å²) in [5, 5.41) is 17.7. The molecule has 2 aliphatic rings. The maximum absolute atomic E-state index is 12.2. The number of carbonyl (C=O) groups is 1. The minimum Gasteiger partial charge on any atom is -0.282 e. The Morgan fingerprint density at radius 2 is 2.12 bits per heavy atom. The zero-order valence-corrected chi connectivity index (χ0v) is 15.3. The Morgan fingerprint density at radius 3 is 2.88 bits per heavy atom. The number of amides is 1. The molecule has 7 heteroatoms. The molecule has 0 fully saturated rings. The highest BCUT2D eigenvalue weighted by molar-refractivity contribution is 8.26. The van der Waals surface area contributed by atoms with Gasteiger partial charge in [-0.15, -0.1) is 11.3 Å². The summed E-state index contributed by atoms with van der Waals surface area (Å²) in [7, 11) is 0. The molecule has 0 unspecified atom stereocenters. The van der Waals surface area contributed by atoms with Crippen molar-refractivity contribution in [2.45, 2.75) is 45.4 Å². The van der Waals surface area contributed by atoms with Crippen molar-refractivity contribution in [2.24, 2.45) is 10.1 Å². The third-order valence-corrected chi connectivity index (χ3v) is 5.61. The third kappa shape index (κ3) is 3.84. The average molecular weight is 361 g/mol. The number of amidine groups is 2. The van der Waals surface area contributed by atoms with Gasteiger partial charge in [0, 0.05) is 4.88 Å². The van der Waals surface area contributed by atoms with Crippen LogP contribution in [0.1, 0.15) is 50.3 Å². The van der Waals surface area contributed by atoms with Gasteiger partial charge in [0.2, 0.25) is 5.17 Å². The van der Waals surface area contributed by atoms with E-state index in [9.17, 15) is 4.79 Å². The first-order chi connectivity index (χ1) is 11.7. The number of hydrogen-bond acceptors (Lipinski definition) is 5. The van der Waals surface area contributed by atoms with Gasteiger partial charge in [0.1, 0.15) is 5.04 Å². The molecule has 0 aromatic carbocycles. The van der Waals surface area contributed by atoms with E-state index in [1.165, 1.54) is 53.8 Å². The number of hydrogen-bond donors (Lipinski definition) is 1. The van der Waals surface area contributed by atoms with Crippen LogP contribution in [0, 0.1) is 5.41 Å². The van der Waals surface area contributed by atoms with Crippen LogP contribution in [0.2, 0.25) is 0 Å². The van der Waals surface area contributed by atoms with E-state index in [0.717, 1.165) is 22.8 Å². The highest BCUT2D eigenvalue weighted by Gasteiger charge is 2.35. The Labute approximate surface area is 150 Å². The third-order valence-electron chi connectivity index (χ3n) is 3.82. The summed E-state index contributed by atoms with van der Waals surface area (Å²) in [5.74, 6) is -0.238. The largest absolute Gasteiger partial charge is 0.283 e. The molecule has 3 heterocycles. The van der Waals surface area contributed by atoms with Crippen LogP contribution in [0.15, 0.2) is 33.2 Å². The monoisotopic (exact) mass is 360 g/mol. The maximum Gasteiger partial charge on any atom is 0.283 e. The number of thioether (sulfide) groups is 1. The predicted octanol–water partition coefficient (Wildman–Crippen LogP) is 4.73. The van der Waals surface area contributed by atoms with E-state index >= 15 is 0 Å². The van der Waals surface area contributed by atoms with Gasteiger partial charge in [-0.1, -0.05) is 38.7 Å². The van der Waals surface area contributed by atoms with Crippen molar-refractivity contribution in [1.29, 1.82) is 5.41 Å². The standard InChI is InChI=1S/C17H20N4OS2/c1-2-3-4-5-6-9-14-20-21-15(18)13(11-12-8-7-10-23-12)16(22)19-17(21)24-14/h7-8,10-11,18H,2-6,9H2,1H3. The summed E-state index contributed by atoms with van der Waals surface area (Å²) in [6, 6.07) is 3.84. The summed E-state index contributed by atoms with van der Waals surface area (Å²) in [4.78, 5) is 17.3. The first-order valence-corrected chi connectivity index (χ1v) is 9.91. The Kier molecular flexibility index (Phi) is 5.63. The van der Waals surface area contributed by atoms with Crippen molar-refractivity contribution in [3.63, 3.8) is 0 Å². The lowest BCUT2D eigenvalue weighted by molar-refractivity contribution is -0.114. The summed E-state index contributed by atoms with van der Waals surface area (Å²) in [6.07, 6.45) is 8.65. The second kappa shape index (κ2) is 7.90. The molecule has 0 radical (unpaired) electrons. The number of hydrazone groups is 1. The van der Waals surface area contributed by atoms with Gasteiger partial charge in [-0.05, 0) is 42.1 Å². The maximum atomic E-state index is 12.2. The van der Waals surface area contributed by atoms with Crippen LogP contribution >= 0.6 is 23.1 Å². The predicted molar refractivity (Wildman–Crippen MR) is 103 cm³/mol. The van der Waals surface area contributed by atoms with E-state index in [1.807, 2.05) is 17.5 Å². The number of nitrogens with one attached hydrogen (secondary N) is 1. The topological polar surface area (TPSA) is 68.9 Å². The lowest BCUT2D eigenvalue weighted by atomic mass is 10.1. The smallest absolute Gasteiger partial charge is 0.282 e. The Morgan fingerprint density at radius 1 is 1.29 bits per heavy atom. The molecule has 0 bridgehead atoms. The van der Waals surface area contributed by atoms with Gasteiger partial charge < -0.3 is 0 Å². The number of carbonyl (C=O) groups excluding carboxylic acids is 1. The number of rotatable bonds is 7. The molecule has 1 N–H and O–H groups in total. The van der Waals surface area contributed by atoms with Crippen LogP contribution in [0.5, 0.6) is 0 Å². The van der Waals surface area contributed by atoms with Gasteiger partial charge in [0.15, 0.2) is 5.84 Å². The zero-order valence-electron chi connectivity index (χ0n) is 13.6. The Hall–Kier alpha value is -1.73. The van der Waals surface area contributed by atoms with Crippen molar-refractivity contribution in [3.05, 3.63) is 28.0 Å². The molecule has 1 aromatic rings. The molecule has 0 saturated heterocycles. The van der Waals surface area contributed by atoms with Gasteiger partial charge in [0.05, 0.1) is 5.57 Å². The molecule has 0 saturated carbocycles. The van der Waals surface area contributed by atoms with Crippen LogP contribution in [0.3, 0.4) is 0 Å². The van der Waals surface area contributed by atoms with Gasteiger partial charge in [-0.2, -0.15) is 15.1 Å². The van der Waals surface area contributed by atoms with Gasteiger partial charge in [-0.3, -0.25) is 10.2 Å². The fraction of sp³-hybridized carbons (Fsp3) is 0.412. The number of fused-ring (bicyclic) bond motifs is 1. The number of unbranched alkanes of at least 4 members (excludes halogenated alkanes) is 4. The minimum atomic E-state index is -0.355. The van der Waals surface area contributed by atoms with E-state index in [4.69, 9.17) is 5.41 Å². The zero-order chi connectivity index (χ0) is 16.9. The number of thiophene rings is 1. The van der Waals surface area contributed by atoms with E-state index < -0.39 is 0 Å². The summed E-state index contributed by atoms with van der Waals surface area (Å²) >= 11 is 2.95. The van der Waals surface area contributed by atoms with Crippen molar-refractivity contribution >= 4 is 51.1 Å². The second-order valence-corrected chi connectivity index (χ2v) is 7.71. The first-order valence-electron chi connectivity index (χ1n) is 8.21. The summed E-state index contributed by atoms with van der Waals surface area (Å²) in [6.45, 7) is 2.21. The molecule has 24 heavy (non-hydrogen) atoms. The van der Waals surface area contributed by atoms with E-state index in [2.05, 4.69) is 17.0 Å². The fourth-order valence-corrected chi connectivity index (χ4v) is 4.11. The summed E-state index contributed by atoms with van der Waals surface area (Å²) in [5.41, 5.74) is 0.301. The van der Waals surface area contributed by atoms with E-state index in [0.29, 0.717) is 10.7 Å². The van der Waals surface area contributed by atoms with Gasteiger partial charge >= 0.3 is 0 Å². The Balaban J connectivity index is 1.67. The molecule has 0 aliphatic carbocycles. The minimum absolute atomic E-state index is 0.117. The van der Waals surface area contributed by atoms with Crippen LogP contribution in [0.4, 0.5) is 0 Å². The lowest BCUT2D eigenvalue weighted by Crippen LogP contribution is -2.35. The van der Waals surface area contributed by atoms with Gasteiger partial charge in [0.25, 0.3) is 5.91 Å². The van der Waals surface area contributed by atoms with Crippen molar-refractivity contribution < 1.29 is 4.79 Å². The molecule has 1 amide bonds. The molecule has 0 spiro atoms. The highest BCUT2D eigenvalue weighted by atomic mass is 32.2. The van der Waals surface area contributed by atoms with Gasteiger partial charge in [-0.25, -0.2) is 0 Å². The van der Waals surface area contributed by atoms with Crippen LogP contribution in [-0.2, 0) is 4.79 Å². The molecule has 1 aromatic heterocycles. The SMILES string of the molecule is CCCCCCCC1=NN2C(=N)C(=Cc3cccs3)C(=O)N=C2S1.